The number of benzene rings is 2. The highest BCUT2D eigenvalue weighted by atomic mass is 15.1. The van der Waals surface area contributed by atoms with Crippen molar-refractivity contribution in [3.63, 3.8) is 0 Å². The normalized spacial score (nSPS) is 10.9. The minimum atomic E-state index is 0.646. The maximum atomic E-state index is 5.84. The number of rotatable bonds is 2. The first kappa shape index (κ1) is 11.3. The number of hydrogen-bond acceptors (Lipinski definition) is 3. The smallest absolute Gasteiger partial charge is 0.109 e. The molecule has 0 spiro atoms. The molecule has 2 N–H and O–H groups in total. The van der Waals surface area contributed by atoms with E-state index in [1.54, 1.807) is 0 Å². The van der Waals surface area contributed by atoms with Gasteiger partial charge >= 0.3 is 0 Å². The van der Waals surface area contributed by atoms with Crippen molar-refractivity contribution in [1.82, 2.24) is 0 Å². The molecule has 0 aliphatic carbocycles. The van der Waals surface area contributed by atoms with Gasteiger partial charge in [0.05, 0.1) is 11.4 Å². The molecule has 3 heteroatoms. The van der Waals surface area contributed by atoms with Gasteiger partial charge in [0.25, 0.3) is 0 Å². The second-order valence-corrected chi connectivity index (χ2v) is 4.05. The average molecular weight is 225 g/mol. The van der Waals surface area contributed by atoms with Gasteiger partial charge in [0.1, 0.15) is 5.69 Å². The molecule has 0 saturated heterocycles. The van der Waals surface area contributed by atoms with E-state index in [-0.39, 0.29) is 0 Å². The van der Waals surface area contributed by atoms with Gasteiger partial charge in [-0.05, 0) is 43.2 Å². The first-order valence-corrected chi connectivity index (χ1v) is 5.50. The summed E-state index contributed by atoms with van der Waals surface area (Å²) in [5.74, 6) is 0. The van der Waals surface area contributed by atoms with Gasteiger partial charge in [-0.25, -0.2) is 0 Å². The first-order chi connectivity index (χ1) is 8.16. The van der Waals surface area contributed by atoms with E-state index in [2.05, 4.69) is 10.2 Å². The van der Waals surface area contributed by atoms with Crippen molar-refractivity contribution in [2.45, 2.75) is 13.8 Å². The number of nitrogens with zero attached hydrogens (tertiary/aromatic N) is 2. The molecule has 0 radical (unpaired) electrons. The lowest BCUT2D eigenvalue weighted by Crippen LogP contribution is -1.85. The molecule has 0 amide bonds. The lowest BCUT2D eigenvalue weighted by Gasteiger charge is -2.01. The van der Waals surface area contributed by atoms with Gasteiger partial charge in [-0.1, -0.05) is 24.3 Å². The molecule has 3 nitrogen and oxygen atoms in total. The molecule has 0 bridgehead atoms. The van der Waals surface area contributed by atoms with Gasteiger partial charge < -0.3 is 5.73 Å². The minimum Gasteiger partial charge on any atom is -0.397 e. The Bertz CT molecular complexity index is 559. The molecule has 0 heterocycles. The highest BCUT2D eigenvalue weighted by Gasteiger charge is 1.98. The van der Waals surface area contributed by atoms with E-state index >= 15 is 0 Å². The number of nitrogens with two attached hydrogens (primary N) is 1. The molecule has 0 aliphatic heterocycles. The van der Waals surface area contributed by atoms with Gasteiger partial charge in [-0.2, -0.15) is 5.11 Å². The zero-order chi connectivity index (χ0) is 12.3. The second-order valence-electron chi connectivity index (χ2n) is 4.05. The SMILES string of the molecule is Cc1ccc(N)c(N=Nc2ccccc2C)c1. The van der Waals surface area contributed by atoms with Crippen LogP contribution in [-0.2, 0) is 0 Å². The fourth-order valence-electron chi connectivity index (χ4n) is 1.52. The fourth-order valence-corrected chi connectivity index (χ4v) is 1.52. The van der Waals surface area contributed by atoms with Crippen LogP contribution in [0, 0.1) is 13.8 Å². The fraction of sp³-hybridized carbons (Fsp3) is 0.143. The average Bonchev–Trinajstić information content (AvgIpc) is 2.32. The number of nitrogen functional groups attached to an aromatic ring is 1. The Morgan fingerprint density at radius 1 is 0.882 bits per heavy atom. The van der Waals surface area contributed by atoms with Crippen LogP contribution in [0.5, 0.6) is 0 Å². The summed E-state index contributed by atoms with van der Waals surface area (Å²) in [5.41, 5.74) is 10.3. The Labute approximate surface area is 101 Å². The molecule has 0 unspecified atom stereocenters. The summed E-state index contributed by atoms with van der Waals surface area (Å²) in [4.78, 5) is 0. The van der Waals surface area contributed by atoms with E-state index in [0.29, 0.717) is 11.4 Å². The van der Waals surface area contributed by atoms with Crippen molar-refractivity contribution < 1.29 is 0 Å². The van der Waals surface area contributed by atoms with Crippen LogP contribution >= 0.6 is 0 Å². The molecule has 2 aromatic carbocycles. The third kappa shape index (κ3) is 2.69. The van der Waals surface area contributed by atoms with E-state index in [4.69, 9.17) is 5.73 Å². The Morgan fingerprint density at radius 2 is 1.59 bits per heavy atom. The van der Waals surface area contributed by atoms with E-state index in [9.17, 15) is 0 Å². The zero-order valence-electron chi connectivity index (χ0n) is 10.0. The molecule has 0 aliphatic rings. The molecular weight excluding hydrogens is 210 g/mol. The van der Waals surface area contributed by atoms with Crippen LogP contribution < -0.4 is 5.73 Å². The molecular formula is C14H15N3. The van der Waals surface area contributed by atoms with Gasteiger partial charge in [0, 0.05) is 0 Å². The Hall–Kier alpha value is -2.16. The predicted octanol–water partition coefficient (Wildman–Crippen LogP) is 4.30. The third-order valence-electron chi connectivity index (χ3n) is 2.57. The van der Waals surface area contributed by atoms with Crippen LogP contribution in [0.15, 0.2) is 52.7 Å². The van der Waals surface area contributed by atoms with Crippen molar-refractivity contribution in [2.24, 2.45) is 10.2 Å². The zero-order valence-corrected chi connectivity index (χ0v) is 10.0. The Balaban J connectivity index is 2.32. The van der Waals surface area contributed by atoms with Crippen LogP contribution in [0.1, 0.15) is 11.1 Å². The molecule has 0 atom stereocenters. The van der Waals surface area contributed by atoms with Crippen LogP contribution in [-0.4, -0.2) is 0 Å². The van der Waals surface area contributed by atoms with E-state index in [1.807, 2.05) is 56.3 Å². The summed E-state index contributed by atoms with van der Waals surface area (Å²) < 4.78 is 0. The van der Waals surface area contributed by atoms with Gasteiger partial charge in [-0.3, -0.25) is 0 Å². The van der Waals surface area contributed by atoms with Gasteiger partial charge in [-0.15, -0.1) is 5.11 Å². The van der Waals surface area contributed by atoms with Crippen molar-refractivity contribution in [2.75, 3.05) is 5.73 Å². The number of azo groups is 1. The van der Waals surface area contributed by atoms with Gasteiger partial charge in [0.2, 0.25) is 0 Å². The maximum Gasteiger partial charge on any atom is 0.109 e. The monoisotopic (exact) mass is 225 g/mol. The topological polar surface area (TPSA) is 50.7 Å². The maximum absolute atomic E-state index is 5.84. The molecule has 17 heavy (non-hydrogen) atoms. The predicted molar refractivity (Wildman–Crippen MR) is 70.9 cm³/mol. The van der Waals surface area contributed by atoms with E-state index in [1.165, 1.54) is 0 Å². The number of anilines is 1. The molecule has 0 fully saturated rings. The summed E-state index contributed by atoms with van der Waals surface area (Å²) >= 11 is 0. The van der Waals surface area contributed by atoms with Crippen LogP contribution in [0.4, 0.5) is 17.1 Å². The number of hydrogen-bond donors (Lipinski definition) is 1. The van der Waals surface area contributed by atoms with Crippen LogP contribution in [0.3, 0.4) is 0 Å². The Morgan fingerprint density at radius 3 is 2.35 bits per heavy atom. The van der Waals surface area contributed by atoms with Crippen molar-refractivity contribution in [3.05, 3.63) is 53.6 Å². The van der Waals surface area contributed by atoms with Crippen molar-refractivity contribution >= 4 is 17.1 Å². The van der Waals surface area contributed by atoms with E-state index < -0.39 is 0 Å². The standard InChI is InChI=1S/C14H15N3/c1-10-7-8-12(15)14(9-10)17-16-13-6-4-3-5-11(13)2/h3-9H,15H2,1-2H3. The lowest BCUT2D eigenvalue weighted by molar-refractivity contribution is 1.21. The van der Waals surface area contributed by atoms with Crippen molar-refractivity contribution in [3.8, 4) is 0 Å². The van der Waals surface area contributed by atoms with E-state index in [0.717, 1.165) is 16.8 Å². The molecule has 86 valence electrons. The highest BCUT2D eigenvalue weighted by Crippen LogP contribution is 2.26. The molecule has 2 aromatic rings. The molecule has 0 saturated carbocycles. The number of aryl methyl sites for hydroxylation is 2. The molecule has 2 rings (SSSR count). The highest BCUT2D eigenvalue weighted by molar-refractivity contribution is 5.63. The minimum absolute atomic E-state index is 0.646. The summed E-state index contributed by atoms with van der Waals surface area (Å²) in [6.45, 7) is 4.01. The van der Waals surface area contributed by atoms with Crippen molar-refractivity contribution in [1.29, 1.82) is 0 Å². The molecule has 0 aromatic heterocycles. The van der Waals surface area contributed by atoms with Crippen LogP contribution in [0.25, 0.3) is 0 Å². The second kappa shape index (κ2) is 4.78. The first-order valence-electron chi connectivity index (χ1n) is 5.50. The van der Waals surface area contributed by atoms with Gasteiger partial charge in [0.15, 0.2) is 0 Å². The summed E-state index contributed by atoms with van der Waals surface area (Å²) in [7, 11) is 0. The summed E-state index contributed by atoms with van der Waals surface area (Å²) in [6, 6.07) is 13.6. The van der Waals surface area contributed by atoms with Crippen LogP contribution in [0.2, 0.25) is 0 Å². The largest absolute Gasteiger partial charge is 0.397 e. The summed E-state index contributed by atoms with van der Waals surface area (Å²) in [5, 5.41) is 8.42. The Kier molecular flexibility index (Phi) is 3.19. The third-order valence-corrected chi connectivity index (χ3v) is 2.57. The lowest BCUT2D eigenvalue weighted by atomic mass is 10.2. The quantitative estimate of drug-likeness (QED) is 0.601. The summed E-state index contributed by atoms with van der Waals surface area (Å²) in [6.07, 6.45) is 0.